The molecule has 0 aliphatic heterocycles. The number of likely N-dealkylation sites (N-methyl/N-ethyl adjacent to an activating group) is 1. The molecule has 0 saturated carbocycles. The van der Waals surface area contributed by atoms with Gasteiger partial charge in [-0.3, -0.25) is 18.6 Å². The molecule has 0 heterocycles. The Morgan fingerprint density at radius 3 is 1.01 bits per heavy atom. The molecule has 10 heteroatoms. The average Bonchev–Trinajstić information content (AvgIpc) is 3.46. The fourth-order valence-electron chi connectivity index (χ4n) is 8.18. The van der Waals surface area contributed by atoms with Crippen molar-refractivity contribution >= 4 is 19.8 Å². The van der Waals surface area contributed by atoms with Gasteiger partial charge in [-0.25, -0.2) is 4.57 Å². The van der Waals surface area contributed by atoms with Crippen LogP contribution in [0.5, 0.6) is 0 Å². The quantitative estimate of drug-likeness (QED) is 0.0211. The molecule has 2 unspecified atom stereocenters. The van der Waals surface area contributed by atoms with Crippen molar-refractivity contribution in [3.8, 4) is 0 Å². The number of phosphoric ester groups is 1. The molecule has 0 aromatic rings. The van der Waals surface area contributed by atoms with Gasteiger partial charge in [-0.15, -0.1) is 0 Å². The molecule has 0 fully saturated rings. The Balaban J connectivity index is 4.16. The van der Waals surface area contributed by atoms with E-state index in [2.05, 4.69) is 166 Å². The predicted molar refractivity (Wildman–Crippen MR) is 353 cm³/mol. The number of carbonyl (C=O) groups is 2. The zero-order valence-corrected chi connectivity index (χ0v) is 53.6. The summed E-state index contributed by atoms with van der Waals surface area (Å²) in [5, 5.41) is 0. The maximum absolute atomic E-state index is 12.8. The number of rotatable bonds is 57. The fourth-order valence-corrected chi connectivity index (χ4v) is 8.93. The van der Waals surface area contributed by atoms with E-state index < -0.39 is 26.5 Å². The third-order valence-electron chi connectivity index (χ3n) is 13.1. The number of phosphoric acid groups is 1. The molecule has 0 aromatic carbocycles. The number of esters is 2. The number of unbranched alkanes of at least 4 members (excludes halogenated alkanes) is 17. The normalized spacial score (nSPS) is 14.3. The van der Waals surface area contributed by atoms with Crippen LogP contribution in [-0.2, 0) is 32.7 Å². The predicted octanol–water partition coefficient (Wildman–Crippen LogP) is 20.8. The van der Waals surface area contributed by atoms with Crippen LogP contribution in [0.1, 0.15) is 232 Å². The van der Waals surface area contributed by atoms with Crippen LogP contribution in [-0.4, -0.2) is 74.9 Å². The highest BCUT2D eigenvalue weighted by atomic mass is 31.2. The van der Waals surface area contributed by atoms with E-state index in [-0.39, 0.29) is 32.0 Å². The van der Waals surface area contributed by atoms with Crippen molar-refractivity contribution in [2.75, 3.05) is 47.5 Å². The zero-order chi connectivity index (χ0) is 59.8. The first-order valence-electron chi connectivity index (χ1n) is 32.2. The number of quaternary nitrogens is 1. The third kappa shape index (κ3) is 64.8. The van der Waals surface area contributed by atoms with E-state index in [9.17, 15) is 19.0 Å². The number of carbonyl (C=O) groups excluding carboxylic acids is 2. The van der Waals surface area contributed by atoms with E-state index in [1.165, 1.54) is 89.9 Å². The van der Waals surface area contributed by atoms with Crippen molar-refractivity contribution in [3.05, 3.63) is 158 Å². The summed E-state index contributed by atoms with van der Waals surface area (Å²) in [7, 11) is 1.42. The van der Waals surface area contributed by atoms with Gasteiger partial charge >= 0.3 is 19.8 Å². The van der Waals surface area contributed by atoms with E-state index in [4.69, 9.17) is 18.5 Å². The molecule has 0 radical (unpaired) electrons. The van der Waals surface area contributed by atoms with E-state index in [1.54, 1.807) is 0 Å². The Morgan fingerprint density at radius 2 is 0.671 bits per heavy atom. The number of nitrogens with zero attached hydrogens (tertiary/aromatic N) is 1. The minimum Gasteiger partial charge on any atom is -0.462 e. The second-order valence-electron chi connectivity index (χ2n) is 22.0. The molecule has 82 heavy (non-hydrogen) atoms. The van der Waals surface area contributed by atoms with E-state index in [1.807, 2.05) is 27.2 Å². The lowest BCUT2D eigenvalue weighted by Gasteiger charge is -2.24. The Hall–Kier alpha value is -4.37. The van der Waals surface area contributed by atoms with Gasteiger partial charge in [0.1, 0.15) is 19.8 Å². The van der Waals surface area contributed by atoms with E-state index >= 15 is 0 Å². The van der Waals surface area contributed by atoms with Crippen LogP contribution in [0.15, 0.2) is 158 Å². The van der Waals surface area contributed by atoms with Gasteiger partial charge in [0.25, 0.3) is 0 Å². The molecule has 9 nitrogen and oxygen atoms in total. The number of ether oxygens (including phenoxy) is 2. The van der Waals surface area contributed by atoms with Crippen LogP contribution in [0.2, 0.25) is 0 Å². The highest BCUT2D eigenvalue weighted by molar-refractivity contribution is 7.47. The molecule has 0 spiro atoms. The molecule has 0 bridgehead atoms. The molecule has 0 saturated heterocycles. The van der Waals surface area contributed by atoms with Crippen molar-refractivity contribution in [2.45, 2.75) is 238 Å². The lowest BCUT2D eigenvalue weighted by molar-refractivity contribution is -0.870. The minimum absolute atomic E-state index is 0.0130. The first kappa shape index (κ1) is 77.6. The number of hydrogen-bond donors (Lipinski definition) is 1. The van der Waals surface area contributed by atoms with Gasteiger partial charge in [-0.05, 0) is 116 Å². The lowest BCUT2D eigenvalue weighted by atomic mass is 10.0. The lowest BCUT2D eigenvalue weighted by Crippen LogP contribution is -2.37. The van der Waals surface area contributed by atoms with Crippen LogP contribution in [0.4, 0.5) is 0 Å². The SMILES string of the molecule is CC/C=C\C/C=C\C/C=C\C/C=C\C/C=C\C/C=C\C/C=C\CCCC(=O)OC(COC(=O)CCCCCCCCCCCCCCCCCC/C=C\C/C=C\C/C=C\C/C=C\C/C=C\C/C=C\CC)COP(=O)(O)OCC[N+](C)(C)C. The van der Waals surface area contributed by atoms with Crippen molar-refractivity contribution in [1.82, 2.24) is 0 Å². The average molecular weight is 1160 g/mol. The summed E-state index contributed by atoms with van der Waals surface area (Å²) >= 11 is 0. The van der Waals surface area contributed by atoms with Gasteiger partial charge in [0.2, 0.25) is 0 Å². The molecular weight excluding hydrogens is 1040 g/mol. The first-order valence-corrected chi connectivity index (χ1v) is 33.7. The van der Waals surface area contributed by atoms with Crippen LogP contribution in [0.3, 0.4) is 0 Å². The molecule has 0 amide bonds. The van der Waals surface area contributed by atoms with Crippen LogP contribution in [0, 0.1) is 0 Å². The fraction of sp³-hybridized carbons (Fsp3) is 0.611. The smallest absolute Gasteiger partial charge is 0.462 e. The summed E-state index contributed by atoms with van der Waals surface area (Å²) < 4.78 is 34.6. The number of allylic oxidation sites excluding steroid dienone is 26. The Morgan fingerprint density at radius 1 is 0.378 bits per heavy atom. The van der Waals surface area contributed by atoms with E-state index in [0.717, 1.165) is 103 Å². The molecule has 0 aliphatic rings. The molecular formula is C72H119NO8P+. The summed E-state index contributed by atoms with van der Waals surface area (Å²) in [5.74, 6) is -0.875. The van der Waals surface area contributed by atoms with Crippen LogP contribution in [0.25, 0.3) is 0 Å². The first-order chi connectivity index (χ1) is 40.0. The topological polar surface area (TPSA) is 108 Å². The highest BCUT2D eigenvalue weighted by Crippen LogP contribution is 2.43. The van der Waals surface area contributed by atoms with Crippen molar-refractivity contribution < 1.29 is 42.1 Å². The van der Waals surface area contributed by atoms with Crippen LogP contribution >= 0.6 is 7.82 Å². The summed E-state index contributed by atoms with van der Waals surface area (Å²) in [5.41, 5.74) is 0. The van der Waals surface area contributed by atoms with Crippen LogP contribution < -0.4 is 0 Å². The summed E-state index contributed by atoms with van der Waals surface area (Å²) in [6, 6.07) is 0. The summed E-state index contributed by atoms with van der Waals surface area (Å²) in [4.78, 5) is 35.8. The van der Waals surface area contributed by atoms with Gasteiger partial charge in [0.15, 0.2) is 6.10 Å². The Kier molecular flexibility index (Phi) is 57.9. The second kappa shape index (κ2) is 61.2. The van der Waals surface area contributed by atoms with Gasteiger partial charge in [-0.2, -0.15) is 0 Å². The Labute approximate surface area is 503 Å². The second-order valence-corrected chi connectivity index (χ2v) is 23.5. The maximum Gasteiger partial charge on any atom is 0.472 e. The van der Waals surface area contributed by atoms with E-state index in [0.29, 0.717) is 23.9 Å². The third-order valence-corrected chi connectivity index (χ3v) is 14.0. The van der Waals surface area contributed by atoms with Crippen molar-refractivity contribution in [3.63, 3.8) is 0 Å². The molecule has 0 aromatic heterocycles. The molecule has 0 aliphatic carbocycles. The summed E-state index contributed by atoms with van der Waals surface area (Å²) in [6.45, 7) is 4.13. The zero-order valence-electron chi connectivity index (χ0n) is 52.7. The molecule has 1 N–H and O–H groups in total. The largest absolute Gasteiger partial charge is 0.472 e. The molecule has 464 valence electrons. The number of hydrogen-bond acceptors (Lipinski definition) is 7. The van der Waals surface area contributed by atoms with Crippen molar-refractivity contribution in [1.29, 1.82) is 0 Å². The molecule has 2 atom stereocenters. The van der Waals surface area contributed by atoms with Gasteiger partial charge in [0.05, 0.1) is 27.7 Å². The Bertz CT molecular complexity index is 1940. The maximum atomic E-state index is 12.8. The highest BCUT2D eigenvalue weighted by Gasteiger charge is 2.27. The van der Waals surface area contributed by atoms with Gasteiger partial charge in [-0.1, -0.05) is 262 Å². The van der Waals surface area contributed by atoms with Gasteiger partial charge in [0, 0.05) is 12.8 Å². The monoisotopic (exact) mass is 1160 g/mol. The summed E-state index contributed by atoms with van der Waals surface area (Å²) in [6.07, 6.45) is 92.0. The minimum atomic E-state index is -4.42. The van der Waals surface area contributed by atoms with Gasteiger partial charge < -0.3 is 18.9 Å². The molecule has 0 rings (SSSR count). The van der Waals surface area contributed by atoms with Crippen molar-refractivity contribution in [2.24, 2.45) is 0 Å². The standard InChI is InChI=1S/C72H118NO8P/c1-6-8-10-12-14-16-18-20-22-24-26-28-30-31-32-33-34-35-36-37-38-39-40-41-43-44-46-48-50-52-54-56-58-60-62-64-71(74)78-68-70(69-80-82(76,77)79-67-66-73(3,4)5)81-72(75)65-63-61-59-57-55-53-51-49-47-45-42-29-27-25-23-21-19-17-15-13-11-9-7-2/h8-11,14-17,20-23,26-29,31-32,34-35,45,47,51,53,57,59,70H,6-7,12-13,18-19,24-25,30,33,36-44,46,48-50,52,54-56,58,60-69H2,1-5H3/p+1/b10-8-,11-9-,16-14-,17-15-,22-20-,23-21-,28-26-,29-27-,32-31-,35-34-,47-45-,53-51-,59-57-.